The fraction of sp³-hybridized carbons (Fsp3) is 0.613. The minimum atomic E-state index is -1.06. The molecule has 4 rings (SSSR count). The van der Waals surface area contributed by atoms with E-state index in [1.165, 1.54) is 6.42 Å². The predicted octanol–water partition coefficient (Wildman–Crippen LogP) is 0.00780. The highest BCUT2D eigenvalue weighted by Crippen LogP contribution is 2.30. The smallest absolute Gasteiger partial charge is 0.262 e. The summed E-state index contributed by atoms with van der Waals surface area (Å²) in [5.74, 6) is -1.86. The summed E-state index contributed by atoms with van der Waals surface area (Å²) in [5.41, 5.74) is 1.25. The Morgan fingerprint density at radius 3 is 2.33 bits per heavy atom. The summed E-state index contributed by atoms with van der Waals surface area (Å²) in [6, 6.07) is 4.01. The van der Waals surface area contributed by atoms with E-state index >= 15 is 0 Å². The lowest BCUT2D eigenvalue weighted by Gasteiger charge is -2.35. The summed E-state index contributed by atoms with van der Waals surface area (Å²) in [6.45, 7) is 7.69. The minimum Gasteiger partial charge on any atom is -0.377 e. The number of hydrogen-bond acceptors (Lipinski definition) is 10. The van der Waals surface area contributed by atoms with Crippen LogP contribution in [0.25, 0.3) is 0 Å². The first kappa shape index (κ1) is 34.0. The van der Waals surface area contributed by atoms with Gasteiger partial charge in [0.05, 0.1) is 37.5 Å². The van der Waals surface area contributed by atoms with Crippen molar-refractivity contribution in [3.63, 3.8) is 0 Å². The van der Waals surface area contributed by atoms with Gasteiger partial charge >= 0.3 is 0 Å². The number of nitrogens with one attached hydrogen (secondary N) is 2. The largest absolute Gasteiger partial charge is 0.377 e. The number of piperidine rings is 1. The second-order valence-electron chi connectivity index (χ2n) is 11.4. The molecule has 0 spiro atoms. The Morgan fingerprint density at radius 2 is 1.62 bits per heavy atom. The number of fused-ring (bicyclic) bond motifs is 1. The standard InChI is InChI=1S/C31H44N6O8/c1-2-6-26(29(41)33-22-38)37-30(42)24-8-7-23(19-25(24)31(37)43)35-14-12-34(13-15-35)20-27(39)32-9-16-44-17-18-45-21-28(40)36-10-4-3-5-11-36/h7-8,19,22,26H,2-6,9-18,20-21H2,1H3,(H,32,39)(H,33,38,41). The van der Waals surface area contributed by atoms with Crippen LogP contribution in [0, 0.1) is 0 Å². The van der Waals surface area contributed by atoms with Crippen LogP contribution in [0.3, 0.4) is 0 Å². The molecule has 6 amide bonds. The number of ether oxygens (including phenoxy) is 2. The van der Waals surface area contributed by atoms with Crippen LogP contribution in [0.15, 0.2) is 18.2 Å². The van der Waals surface area contributed by atoms with Gasteiger partial charge < -0.3 is 24.6 Å². The Balaban J connectivity index is 1.13. The van der Waals surface area contributed by atoms with E-state index in [4.69, 9.17) is 9.47 Å². The molecule has 1 atom stereocenters. The third kappa shape index (κ3) is 9.08. The molecular weight excluding hydrogens is 584 g/mol. The van der Waals surface area contributed by atoms with Crippen molar-refractivity contribution in [2.75, 3.05) is 83.7 Å². The normalized spacial score (nSPS) is 17.7. The molecule has 0 aliphatic carbocycles. The zero-order chi connectivity index (χ0) is 32.2. The number of piperazine rings is 1. The number of anilines is 1. The van der Waals surface area contributed by atoms with E-state index in [1.54, 1.807) is 18.2 Å². The molecule has 1 unspecified atom stereocenters. The number of benzene rings is 1. The number of rotatable bonds is 16. The van der Waals surface area contributed by atoms with Gasteiger partial charge in [0.15, 0.2) is 0 Å². The first-order chi connectivity index (χ1) is 21.8. The van der Waals surface area contributed by atoms with Crippen LogP contribution in [0.2, 0.25) is 0 Å². The van der Waals surface area contributed by atoms with Gasteiger partial charge in [0.25, 0.3) is 11.8 Å². The minimum absolute atomic E-state index is 0.0220. The second-order valence-corrected chi connectivity index (χ2v) is 11.4. The second kappa shape index (κ2) is 17.0. The van der Waals surface area contributed by atoms with E-state index in [0.29, 0.717) is 59.0 Å². The average molecular weight is 629 g/mol. The fourth-order valence-electron chi connectivity index (χ4n) is 5.83. The number of amides is 6. The quantitative estimate of drug-likeness (QED) is 0.145. The van der Waals surface area contributed by atoms with Crippen molar-refractivity contribution in [2.24, 2.45) is 0 Å². The third-order valence-corrected chi connectivity index (χ3v) is 8.26. The first-order valence-electron chi connectivity index (χ1n) is 15.8. The number of carbonyl (C=O) groups excluding carboxylic acids is 6. The van der Waals surface area contributed by atoms with Crippen molar-refractivity contribution in [3.8, 4) is 0 Å². The first-order valence-corrected chi connectivity index (χ1v) is 15.8. The molecule has 3 aliphatic rings. The summed E-state index contributed by atoms with van der Waals surface area (Å²) in [7, 11) is 0. The van der Waals surface area contributed by atoms with Gasteiger partial charge in [-0.1, -0.05) is 13.3 Å². The highest BCUT2D eigenvalue weighted by molar-refractivity contribution is 6.23. The number of imide groups is 2. The van der Waals surface area contributed by atoms with E-state index in [9.17, 15) is 28.8 Å². The third-order valence-electron chi connectivity index (χ3n) is 8.26. The zero-order valence-electron chi connectivity index (χ0n) is 26.0. The molecule has 2 fully saturated rings. The molecule has 3 heterocycles. The molecule has 0 bridgehead atoms. The van der Waals surface area contributed by atoms with Crippen LogP contribution in [0.5, 0.6) is 0 Å². The molecule has 0 radical (unpaired) electrons. The number of carbonyl (C=O) groups is 6. The zero-order valence-corrected chi connectivity index (χ0v) is 26.0. The lowest BCUT2D eigenvalue weighted by molar-refractivity contribution is -0.137. The van der Waals surface area contributed by atoms with E-state index in [0.717, 1.165) is 36.5 Å². The predicted molar refractivity (Wildman–Crippen MR) is 164 cm³/mol. The molecule has 3 aliphatic heterocycles. The lowest BCUT2D eigenvalue weighted by atomic mass is 10.1. The summed E-state index contributed by atoms with van der Waals surface area (Å²) < 4.78 is 10.9. The Hall–Kier alpha value is -3.88. The van der Waals surface area contributed by atoms with Crippen molar-refractivity contribution < 1.29 is 38.2 Å². The topological polar surface area (TPSA) is 158 Å². The van der Waals surface area contributed by atoms with Crippen LogP contribution in [-0.4, -0.2) is 135 Å². The Morgan fingerprint density at radius 1 is 0.911 bits per heavy atom. The molecule has 1 aromatic rings. The van der Waals surface area contributed by atoms with E-state index in [-0.39, 0.29) is 48.9 Å². The van der Waals surface area contributed by atoms with Gasteiger partial charge in [-0.15, -0.1) is 0 Å². The number of nitrogens with zero attached hydrogens (tertiary/aromatic N) is 4. The van der Waals surface area contributed by atoms with Gasteiger partial charge in [0, 0.05) is 51.5 Å². The van der Waals surface area contributed by atoms with E-state index in [1.807, 2.05) is 16.7 Å². The maximum atomic E-state index is 13.2. The van der Waals surface area contributed by atoms with Crippen LogP contribution in [-0.2, 0) is 28.7 Å². The van der Waals surface area contributed by atoms with E-state index in [2.05, 4.69) is 15.5 Å². The van der Waals surface area contributed by atoms with Gasteiger partial charge in [-0.25, -0.2) is 0 Å². The maximum absolute atomic E-state index is 13.2. The van der Waals surface area contributed by atoms with Crippen molar-refractivity contribution >= 4 is 41.6 Å². The molecule has 0 aromatic heterocycles. The van der Waals surface area contributed by atoms with Crippen LogP contribution >= 0.6 is 0 Å². The van der Waals surface area contributed by atoms with E-state index < -0.39 is 23.8 Å². The Labute approximate surface area is 263 Å². The molecule has 45 heavy (non-hydrogen) atoms. The van der Waals surface area contributed by atoms with Gasteiger partial charge in [0.2, 0.25) is 24.1 Å². The SMILES string of the molecule is CCCC(C(=O)NC=O)N1C(=O)c2ccc(N3CCN(CC(=O)NCCOCCOCC(=O)N4CCCCC4)CC3)cc2C1=O. The highest BCUT2D eigenvalue weighted by Gasteiger charge is 2.42. The van der Waals surface area contributed by atoms with Crippen LogP contribution in [0.1, 0.15) is 59.7 Å². The molecule has 0 saturated carbocycles. The van der Waals surface area contributed by atoms with Crippen molar-refractivity contribution in [3.05, 3.63) is 29.3 Å². The number of likely N-dealkylation sites (tertiary alicyclic amines) is 1. The number of hydrogen-bond donors (Lipinski definition) is 2. The van der Waals surface area contributed by atoms with Gasteiger partial charge in [-0.2, -0.15) is 0 Å². The summed E-state index contributed by atoms with van der Waals surface area (Å²) in [5, 5.41) is 4.92. The summed E-state index contributed by atoms with van der Waals surface area (Å²) in [4.78, 5) is 80.9. The summed E-state index contributed by atoms with van der Waals surface area (Å²) in [6.07, 6.45) is 4.32. The average Bonchev–Trinajstić information content (AvgIpc) is 3.30. The van der Waals surface area contributed by atoms with Gasteiger partial charge in [0.1, 0.15) is 12.6 Å². The highest BCUT2D eigenvalue weighted by atomic mass is 16.5. The molecule has 2 N–H and O–H groups in total. The monoisotopic (exact) mass is 628 g/mol. The fourth-order valence-corrected chi connectivity index (χ4v) is 5.83. The summed E-state index contributed by atoms with van der Waals surface area (Å²) >= 11 is 0. The maximum Gasteiger partial charge on any atom is 0.262 e. The van der Waals surface area contributed by atoms with Crippen LogP contribution in [0.4, 0.5) is 5.69 Å². The molecule has 14 heteroatoms. The molecule has 2 saturated heterocycles. The Kier molecular flexibility index (Phi) is 12.8. The molecule has 14 nitrogen and oxygen atoms in total. The molecule has 246 valence electrons. The molecular formula is C31H44N6O8. The van der Waals surface area contributed by atoms with Crippen LogP contribution < -0.4 is 15.5 Å². The van der Waals surface area contributed by atoms with Crippen molar-refractivity contribution in [1.82, 2.24) is 25.3 Å². The van der Waals surface area contributed by atoms with Crippen molar-refractivity contribution in [2.45, 2.75) is 45.1 Å². The van der Waals surface area contributed by atoms with Gasteiger partial charge in [-0.3, -0.25) is 43.9 Å². The lowest BCUT2D eigenvalue weighted by Crippen LogP contribution is -2.49. The van der Waals surface area contributed by atoms with Gasteiger partial charge in [-0.05, 0) is 43.9 Å². The Bertz CT molecular complexity index is 1230. The molecule has 1 aromatic carbocycles. The van der Waals surface area contributed by atoms with Crippen molar-refractivity contribution in [1.29, 1.82) is 0 Å².